The van der Waals surface area contributed by atoms with Crippen LogP contribution in [0.4, 0.5) is 26.3 Å². The highest BCUT2D eigenvalue weighted by atomic mass is 32.2. The summed E-state index contributed by atoms with van der Waals surface area (Å²) in [4.78, 5) is 15.6. The lowest BCUT2D eigenvalue weighted by Gasteiger charge is -2.11. The van der Waals surface area contributed by atoms with Crippen molar-refractivity contribution in [3.63, 3.8) is 0 Å². The van der Waals surface area contributed by atoms with Crippen LogP contribution < -0.4 is 5.32 Å². The van der Waals surface area contributed by atoms with E-state index in [2.05, 4.69) is 10.3 Å². The molecule has 4 aromatic rings. The van der Waals surface area contributed by atoms with Crippen LogP contribution >= 0.6 is 0 Å². The smallest absolute Gasteiger partial charge is 0.347 e. The Morgan fingerprint density at radius 1 is 0.833 bits per heavy atom. The first kappa shape index (κ1) is 25.2. The molecule has 0 bridgehead atoms. The Labute approximate surface area is 200 Å². The van der Waals surface area contributed by atoms with Crippen LogP contribution in [0.5, 0.6) is 0 Å². The van der Waals surface area contributed by atoms with Crippen molar-refractivity contribution in [2.45, 2.75) is 28.7 Å². The Kier molecular flexibility index (Phi) is 6.29. The van der Waals surface area contributed by atoms with E-state index in [4.69, 9.17) is 0 Å². The molecular formula is C23H15F6N3O3S. The van der Waals surface area contributed by atoms with Crippen molar-refractivity contribution < 1.29 is 39.6 Å². The van der Waals surface area contributed by atoms with Crippen LogP contribution in [-0.4, -0.2) is 23.7 Å². The average Bonchev–Trinajstić information content (AvgIpc) is 3.25. The van der Waals surface area contributed by atoms with Gasteiger partial charge in [0.2, 0.25) is 9.84 Å². The summed E-state index contributed by atoms with van der Waals surface area (Å²) in [6.07, 6.45) is -7.38. The molecule has 2 aromatic heterocycles. The molecule has 2 heterocycles. The van der Waals surface area contributed by atoms with Crippen LogP contribution in [0, 0.1) is 0 Å². The van der Waals surface area contributed by atoms with Crippen LogP contribution in [0.3, 0.4) is 0 Å². The number of fused-ring (bicyclic) bond motifs is 1. The first-order valence-electron chi connectivity index (χ1n) is 10.1. The Morgan fingerprint density at radius 2 is 1.47 bits per heavy atom. The number of sulfone groups is 1. The summed E-state index contributed by atoms with van der Waals surface area (Å²) in [5.74, 6) is -0.724. The maximum absolute atomic E-state index is 13.0. The third-order valence-electron chi connectivity index (χ3n) is 5.14. The molecule has 36 heavy (non-hydrogen) atoms. The summed E-state index contributed by atoms with van der Waals surface area (Å²) in [5, 5.41) is 2.49. The lowest BCUT2D eigenvalue weighted by atomic mass is 10.2. The van der Waals surface area contributed by atoms with Gasteiger partial charge in [0, 0.05) is 18.9 Å². The molecule has 0 aliphatic rings. The van der Waals surface area contributed by atoms with Crippen molar-refractivity contribution in [1.29, 1.82) is 0 Å². The van der Waals surface area contributed by atoms with E-state index in [-0.39, 0.29) is 22.8 Å². The normalized spacial score (nSPS) is 12.6. The number of alkyl halides is 6. The van der Waals surface area contributed by atoms with Crippen LogP contribution in [0.1, 0.15) is 27.2 Å². The number of pyridine rings is 1. The van der Waals surface area contributed by atoms with Crippen LogP contribution in [0.2, 0.25) is 0 Å². The molecule has 4 rings (SSSR count). The predicted molar refractivity (Wildman–Crippen MR) is 115 cm³/mol. The zero-order valence-corrected chi connectivity index (χ0v) is 18.7. The highest BCUT2D eigenvalue weighted by Crippen LogP contribution is 2.32. The summed E-state index contributed by atoms with van der Waals surface area (Å²) >= 11 is 0. The number of benzene rings is 2. The molecule has 188 valence electrons. The van der Waals surface area contributed by atoms with Crippen LogP contribution in [0.15, 0.2) is 82.8 Å². The van der Waals surface area contributed by atoms with Gasteiger partial charge >= 0.3 is 12.4 Å². The summed E-state index contributed by atoms with van der Waals surface area (Å²) in [7, 11) is -4.29. The molecule has 0 saturated carbocycles. The summed E-state index contributed by atoms with van der Waals surface area (Å²) in [5.41, 5.74) is -1.76. The molecule has 0 radical (unpaired) electrons. The Balaban J connectivity index is 1.52. The lowest BCUT2D eigenvalue weighted by molar-refractivity contribution is -0.138. The maximum atomic E-state index is 13.0. The highest BCUT2D eigenvalue weighted by Gasteiger charge is 2.32. The number of imidazole rings is 1. The molecule has 1 N–H and O–H groups in total. The number of rotatable bonds is 5. The van der Waals surface area contributed by atoms with Crippen molar-refractivity contribution in [2.75, 3.05) is 0 Å². The van der Waals surface area contributed by atoms with Gasteiger partial charge in [0.1, 0.15) is 11.3 Å². The minimum atomic E-state index is -4.72. The molecule has 13 heteroatoms. The second kappa shape index (κ2) is 8.97. The molecule has 0 aliphatic carbocycles. The van der Waals surface area contributed by atoms with E-state index < -0.39 is 44.1 Å². The van der Waals surface area contributed by atoms with Gasteiger partial charge in [-0.15, -0.1) is 0 Å². The predicted octanol–water partition coefficient (Wildman–Crippen LogP) is 5.13. The van der Waals surface area contributed by atoms with E-state index in [1.54, 1.807) is 0 Å². The van der Waals surface area contributed by atoms with Gasteiger partial charge in [-0.1, -0.05) is 18.2 Å². The van der Waals surface area contributed by atoms with Gasteiger partial charge in [-0.25, -0.2) is 13.4 Å². The summed E-state index contributed by atoms with van der Waals surface area (Å²) in [6, 6.07) is 10.6. The Bertz CT molecular complexity index is 1560. The highest BCUT2D eigenvalue weighted by molar-refractivity contribution is 7.91. The monoisotopic (exact) mass is 527 g/mol. The molecular weight excluding hydrogens is 512 g/mol. The number of nitrogens with zero attached hydrogens (tertiary/aromatic N) is 2. The molecule has 2 aromatic carbocycles. The number of nitrogens with one attached hydrogen (secondary N) is 1. The fourth-order valence-electron chi connectivity index (χ4n) is 3.34. The lowest BCUT2D eigenvalue weighted by Crippen LogP contribution is -2.23. The summed E-state index contributed by atoms with van der Waals surface area (Å²) in [6.45, 7) is -0.174. The number of carbonyl (C=O) groups is 1. The zero-order valence-electron chi connectivity index (χ0n) is 17.9. The number of hydrogen-bond donors (Lipinski definition) is 1. The van der Waals surface area contributed by atoms with Crippen molar-refractivity contribution >= 4 is 21.4 Å². The number of amides is 1. The topological polar surface area (TPSA) is 80.5 Å². The zero-order chi connectivity index (χ0) is 26.3. The van der Waals surface area contributed by atoms with Gasteiger partial charge in [0.15, 0.2) is 0 Å². The quantitative estimate of drug-likeness (QED) is 0.365. The molecule has 0 atom stereocenters. The van der Waals surface area contributed by atoms with Crippen LogP contribution in [0.25, 0.3) is 5.65 Å². The molecule has 1 amide bonds. The number of carbonyl (C=O) groups excluding carboxylic acids is 1. The van der Waals surface area contributed by atoms with E-state index in [0.717, 1.165) is 47.1 Å². The fraction of sp³-hybridized carbons (Fsp3) is 0.130. The minimum Gasteiger partial charge on any atom is -0.347 e. The van der Waals surface area contributed by atoms with Gasteiger partial charge in [0.05, 0.1) is 20.9 Å². The van der Waals surface area contributed by atoms with Crippen molar-refractivity contribution in [2.24, 2.45) is 0 Å². The molecule has 0 spiro atoms. The van der Waals surface area contributed by atoms with Gasteiger partial charge < -0.3 is 9.72 Å². The van der Waals surface area contributed by atoms with Crippen molar-refractivity contribution in [3.8, 4) is 0 Å². The van der Waals surface area contributed by atoms with E-state index in [1.807, 2.05) is 0 Å². The first-order valence-corrected chi connectivity index (χ1v) is 11.6. The second-order valence-corrected chi connectivity index (χ2v) is 9.62. The van der Waals surface area contributed by atoms with Gasteiger partial charge in [0.25, 0.3) is 5.91 Å². The largest absolute Gasteiger partial charge is 0.417 e. The van der Waals surface area contributed by atoms with Gasteiger partial charge in [-0.3, -0.25) is 4.79 Å². The standard InChI is InChI=1S/C23H15F6N3O3S/c24-22(25,26)15-4-2-6-18(10-15)36(34,35)17-5-1-3-14(9-17)11-30-21(33)19-13-32-12-16(23(27,28)29)7-8-20(32)31-19/h1-10,12-13H,11H2,(H,30,33). The number of halogens is 6. The fourth-order valence-corrected chi connectivity index (χ4v) is 4.72. The first-order chi connectivity index (χ1) is 16.7. The number of hydrogen-bond acceptors (Lipinski definition) is 4. The average molecular weight is 527 g/mol. The van der Waals surface area contributed by atoms with E-state index in [0.29, 0.717) is 11.6 Å². The van der Waals surface area contributed by atoms with E-state index in [9.17, 15) is 39.6 Å². The minimum absolute atomic E-state index is 0.113. The van der Waals surface area contributed by atoms with Crippen molar-refractivity contribution in [3.05, 3.63) is 95.4 Å². The third kappa shape index (κ3) is 5.20. The molecule has 0 saturated heterocycles. The third-order valence-corrected chi connectivity index (χ3v) is 6.89. The SMILES string of the molecule is O=C(NCc1cccc(S(=O)(=O)c2cccc(C(F)(F)F)c2)c1)c1cn2cc(C(F)(F)F)ccc2n1. The molecule has 0 fully saturated rings. The Hall–Kier alpha value is -3.87. The van der Waals surface area contributed by atoms with E-state index >= 15 is 0 Å². The van der Waals surface area contributed by atoms with E-state index in [1.165, 1.54) is 24.3 Å². The summed E-state index contributed by atoms with van der Waals surface area (Å²) < 4.78 is 104. The van der Waals surface area contributed by atoms with Gasteiger partial charge in [-0.05, 0) is 48.0 Å². The maximum Gasteiger partial charge on any atom is 0.417 e. The number of aromatic nitrogens is 2. The molecule has 0 aliphatic heterocycles. The Morgan fingerprint density at radius 3 is 2.14 bits per heavy atom. The van der Waals surface area contributed by atoms with Gasteiger partial charge in [-0.2, -0.15) is 26.3 Å². The van der Waals surface area contributed by atoms with Crippen molar-refractivity contribution in [1.82, 2.24) is 14.7 Å². The second-order valence-electron chi connectivity index (χ2n) is 7.67. The molecule has 0 unspecified atom stereocenters. The van der Waals surface area contributed by atoms with Crippen LogP contribution in [-0.2, 0) is 28.7 Å². The molecule has 6 nitrogen and oxygen atoms in total.